The molecular weight excluding hydrogens is 274 g/mol. The fraction of sp³-hybridized carbons (Fsp3) is 0.692. The molecule has 8 heteroatoms. The number of aromatic nitrogens is 3. The number of carbonyl (C=O) groups is 2. The number of piperidine rings is 1. The second-order valence-electron chi connectivity index (χ2n) is 5.34. The third-order valence-electron chi connectivity index (χ3n) is 3.88. The van der Waals surface area contributed by atoms with Crippen molar-refractivity contribution < 1.29 is 14.7 Å². The van der Waals surface area contributed by atoms with Crippen LogP contribution in [0.2, 0.25) is 0 Å². The van der Waals surface area contributed by atoms with Gasteiger partial charge in [-0.15, -0.1) is 0 Å². The highest BCUT2D eigenvalue weighted by Crippen LogP contribution is 2.25. The van der Waals surface area contributed by atoms with E-state index in [0.717, 1.165) is 12.8 Å². The number of nitrogens with zero attached hydrogens (tertiary/aromatic N) is 4. The molecule has 8 nitrogen and oxygen atoms in total. The van der Waals surface area contributed by atoms with Crippen molar-refractivity contribution in [2.45, 2.75) is 38.8 Å². The van der Waals surface area contributed by atoms with Gasteiger partial charge in [0.2, 0.25) is 0 Å². The highest BCUT2D eigenvalue weighted by atomic mass is 16.4. The number of amides is 2. The Bertz CT molecular complexity index is 516. The second-order valence-corrected chi connectivity index (χ2v) is 5.34. The molecule has 1 aromatic rings. The van der Waals surface area contributed by atoms with Crippen LogP contribution in [0.15, 0.2) is 6.33 Å². The van der Waals surface area contributed by atoms with Crippen LogP contribution < -0.4 is 5.32 Å². The topological polar surface area (TPSA) is 100 Å². The monoisotopic (exact) mass is 295 g/mol. The number of urea groups is 1. The first-order valence-corrected chi connectivity index (χ1v) is 7.13. The van der Waals surface area contributed by atoms with Gasteiger partial charge in [0.05, 0.1) is 6.54 Å². The SMILES string of the molecule is CCC1CCN(C(=O)NCc2ncn(C)n2)C(C(=O)O)C1. The number of rotatable bonds is 4. The van der Waals surface area contributed by atoms with E-state index in [1.165, 1.54) is 4.90 Å². The average molecular weight is 295 g/mol. The summed E-state index contributed by atoms with van der Waals surface area (Å²) in [6.07, 6.45) is 3.85. The normalized spacial score (nSPS) is 22.1. The second kappa shape index (κ2) is 6.55. The Morgan fingerprint density at radius 2 is 2.29 bits per heavy atom. The van der Waals surface area contributed by atoms with E-state index in [1.54, 1.807) is 18.1 Å². The van der Waals surface area contributed by atoms with E-state index < -0.39 is 12.0 Å². The molecule has 0 radical (unpaired) electrons. The first-order chi connectivity index (χ1) is 10.0. The van der Waals surface area contributed by atoms with Crippen molar-refractivity contribution >= 4 is 12.0 Å². The quantitative estimate of drug-likeness (QED) is 0.847. The lowest BCUT2D eigenvalue weighted by atomic mass is 9.89. The van der Waals surface area contributed by atoms with Crippen LogP contribution in [0.1, 0.15) is 32.0 Å². The van der Waals surface area contributed by atoms with E-state index in [9.17, 15) is 14.7 Å². The minimum atomic E-state index is -0.945. The van der Waals surface area contributed by atoms with Crippen LogP contribution in [0.25, 0.3) is 0 Å². The van der Waals surface area contributed by atoms with Crippen LogP contribution >= 0.6 is 0 Å². The molecule has 1 aliphatic rings. The van der Waals surface area contributed by atoms with E-state index in [1.807, 2.05) is 6.92 Å². The molecule has 1 fully saturated rings. The first-order valence-electron chi connectivity index (χ1n) is 7.13. The molecule has 1 aromatic heterocycles. The first kappa shape index (κ1) is 15.3. The Balaban J connectivity index is 1.95. The van der Waals surface area contributed by atoms with Gasteiger partial charge in [-0.2, -0.15) is 5.10 Å². The third-order valence-corrected chi connectivity index (χ3v) is 3.88. The van der Waals surface area contributed by atoms with E-state index in [-0.39, 0.29) is 12.6 Å². The Kier molecular flexibility index (Phi) is 4.77. The Hall–Kier alpha value is -2.12. The lowest BCUT2D eigenvalue weighted by molar-refractivity contribution is -0.144. The summed E-state index contributed by atoms with van der Waals surface area (Å²) in [4.78, 5) is 29.0. The van der Waals surface area contributed by atoms with Crippen molar-refractivity contribution in [3.63, 3.8) is 0 Å². The molecule has 1 aliphatic heterocycles. The maximum absolute atomic E-state index is 12.2. The van der Waals surface area contributed by atoms with E-state index >= 15 is 0 Å². The van der Waals surface area contributed by atoms with Crippen molar-refractivity contribution in [2.75, 3.05) is 6.54 Å². The average Bonchev–Trinajstić information content (AvgIpc) is 2.89. The highest BCUT2D eigenvalue weighted by Gasteiger charge is 2.35. The largest absolute Gasteiger partial charge is 0.480 e. The lowest BCUT2D eigenvalue weighted by Crippen LogP contribution is -2.53. The van der Waals surface area contributed by atoms with Gasteiger partial charge in [0.25, 0.3) is 0 Å². The molecule has 0 saturated carbocycles. The summed E-state index contributed by atoms with van der Waals surface area (Å²) in [5.74, 6) is -0.0759. The van der Waals surface area contributed by atoms with Gasteiger partial charge in [-0.1, -0.05) is 13.3 Å². The molecule has 2 unspecified atom stereocenters. The number of aliphatic carboxylic acids is 1. The predicted octanol–water partition coefficient (Wildman–Crippen LogP) is 0.600. The van der Waals surface area contributed by atoms with Gasteiger partial charge in [-0.3, -0.25) is 4.68 Å². The summed E-state index contributed by atoms with van der Waals surface area (Å²) in [7, 11) is 1.74. The molecule has 2 amide bonds. The fourth-order valence-electron chi connectivity index (χ4n) is 2.61. The van der Waals surface area contributed by atoms with Crippen molar-refractivity contribution in [1.82, 2.24) is 25.0 Å². The smallest absolute Gasteiger partial charge is 0.326 e. The van der Waals surface area contributed by atoms with E-state index in [4.69, 9.17) is 0 Å². The molecular formula is C13H21N5O3. The Morgan fingerprint density at radius 1 is 1.52 bits per heavy atom. The molecule has 2 heterocycles. The molecule has 2 rings (SSSR count). The van der Waals surface area contributed by atoms with Gasteiger partial charge in [-0.25, -0.2) is 14.6 Å². The molecule has 2 atom stereocenters. The van der Waals surface area contributed by atoms with Gasteiger partial charge >= 0.3 is 12.0 Å². The predicted molar refractivity (Wildman–Crippen MR) is 74.4 cm³/mol. The van der Waals surface area contributed by atoms with E-state index in [2.05, 4.69) is 15.4 Å². The molecule has 0 spiro atoms. The standard InChI is InChI=1S/C13H21N5O3/c1-3-9-4-5-18(10(6-9)12(19)20)13(21)14-7-11-15-8-17(2)16-11/h8-10H,3-7H2,1-2H3,(H,14,21)(H,19,20). The maximum Gasteiger partial charge on any atom is 0.326 e. The van der Waals surface area contributed by atoms with Crippen molar-refractivity contribution in [1.29, 1.82) is 0 Å². The summed E-state index contributed by atoms with van der Waals surface area (Å²) in [6, 6.07) is -1.12. The molecule has 0 aromatic carbocycles. The summed E-state index contributed by atoms with van der Waals surface area (Å²) < 4.78 is 1.55. The van der Waals surface area contributed by atoms with Crippen LogP contribution in [-0.4, -0.2) is 49.4 Å². The maximum atomic E-state index is 12.2. The molecule has 0 bridgehead atoms. The Labute approximate surface area is 123 Å². The van der Waals surface area contributed by atoms with Crippen molar-refractivity contribution in [2.24, 2.45) is 13.0 Å². The number of likely N-dealkylation sites (tertiary alicyclic amines) is 1. The van der Waals surface area contributed by atoms with E-state index in [0.29, 0.717) is 24.7 Å². The minimum Gasteiger partial charge on any atom is -0.480 e. The summed E-state index contributed by atoms with van der Waals surface area (Å²) in [5, 5.41) is 16.1. The van der Waals surface area contributed by atoms with Gasteiger partial charge in [0, 0.05) is 13.6 Å². The van der Waals surface area contributed by atoms with Crippen molar-refractivity contribution in [3.05, 3.63) is 12.2 Å². The lowest BCUT2D eigenvalue weighted by Gasteiger charge is -2.36. The summed E-state index contributed by atoms with van der Waals surface area (Å²) in [6.45, 7) is 2.71. The number of nitrogens with one attached hydrogen (secondary N) is 1. The van der Waals surface area contributed by atoms with Gasteiger partial charge in [-0.05, 0) is 18.8 Å². The number of carboxylic acid groups (broad SMARTS) is 1. The van der Waals surface area contributed by atoms with Crippen LogP contribution in [0.4, 0.5) is 4.79 Å². The third kappa shape index (κ3) is 3.71. The summed E-state index contributed by atoms with van der Waals surface area (Å²) >= 11 is 0. The Morgan fingerprint density at radius 3 is 2.86 bits per heavy atom. The van der Waals surface area contributed by atoms with Gasteiger partial charge in [0.15, 0.2) is 5.82 Å². The zero-order valence-electron chi connectivity index (χ0n) is 12.3. The zero-order valence-corrected chi connectivity index (χ0v) is 12.3. The van der Waals surface area contributed by atoms with Crippen LogP contribution in [0.5, 0.6) is 0 Å². The highest BCUT2D eigenvalue weighted by molar-refractivity contribution is 5.82. The van der Waals surface area contributed by atoms with Gasteiger partial charge in [0.1, 0.15) is 12.4 Å². The zero-order chi connectivity index (χ0) is 15.4. The number of hydrogen-bond donors (Lipinski definition) is 2. The van der Waals surface area contributed by atoms with Crippen LogP contribution in [0, 0.1) is 5.92 Å². The summed E-state index contributed by atoms with van der Waals surface area (Å²) in [5.41, 5.74) is 0. The molecule has 116 valence electrons. The molecule has 1 saturated heterocycles. The van der Waals surface area contributed by atoms with Crippen molar-refractivity contribution in [3.8, 4) is 0 Å². The van der Waals surface area contributed by atoms with Crippen LogP contribution in [0.3, 0.4) is 0 Å². The van der Waals surface area contributed by atoms with Gasteiger partial charge < -0.3 is 15.3 Å². The van der Waals surface area contributed by atoms with Crippen LogP contribution in [-0.2, 0) is 18.4 Å². The number of carbonyl (C=O) groups excluding carboxylic acids is 1. The number of carboxylic acids is 1. The molecule has 21 heavy (non-hydrogen) atoms. The fourth-order valence-corrected chi connectivity index (χ4v) is 2.61. The number of hydrogen-bond acceptors (Lipinski definition) is 4. The minimum absolute atomic E-state index is 0.194. The number of aryl methyl sites for hydroxylation is 1. The molecule has 2 N–H and O–H groups in total. The molecule has 0 aliphatic carbocycles.